The van der Waals surface area contributed by atoms with Crippen LogP contribution in [-0.4, -0.2) is 25.8 Å². The number of hydrogen-bond acceptors (Lipinski definition) is 3. The highest BCUT2D eigenvalue weighted by molar-refractivity contribution is 7.91. The number of aryl methyl sites for hydroxylation is 1. The molecule has 1 aromatic carbocycles. The summed E-state index contributed by atoms with van der Waals surface area (Å²) in [7, 11) is -3.30. The molecule has 2 heterocycles. The molecular weight excluding hydrogens is 326 g/mol. The molecule has 2 aromatic rings. The van der Waals surface area contributed by atoms with Crippen molar-refractivity contribution in [3.8, 4) is 0 Å². The minimum absolute atomic E-state index is 0.496. The largest absolute Gasteiger partial charge is 0.252 e. The maximum Gasteiger partial charge on any atom is 0.252 e. The van der Waals surface area contributed by atoms with Gasteiger partial charge in [-0.05, 0) is 49.3 Å². The molecule has 0 atom stereocenters. The first kappa shape index (κ1) is 16.7. The Balaban J connectivity index is 1.62. The molecule has 1 aromatic heterocycles. The molecule has 0 unspecified atom stereocenters. The van der Waals surface area contributed by atoms with Crippen molar-refractivity contribution in [2.45, 2.75) is 36.8 Å². The summed E-state index contributed by atoms with van der Waals surface area (Å²) in [5, 5.41) is 0. The molecule has 1 fully saturated rings. The fourth-order valence-electron chi connectivity index (χ4n) is 3.12. The smallest absolute Gasteiger partial charge is 0.206 e. The summed E-state index contributed by atoms with van der Waals surface area (Å²) in [5.41, 5.74) is 1.35. The van der Waals surface area contributed by atoms with Gasteiger partial charge in [-0.1, -0.05) is 37.3 Å². The van der Waals surface area contributed by atoms with Crippen LogP contribution in [-0.2, 0) is 22.9 Å². The van der Waals surface area contributed by atoms with Gasteiger partial charge in [0.25, 0.3) is 10.0 Å². The van der Waals surface area contributed by atoms with Gasteiger partial charge >= 0.3 is 0 Å². The van der Waals surface area contributed by atoms with Gasteiger partial charge in [0.05, 0.1) is 0 Å². The van der Waals surface area contributed by atoms with E-state index in [2.05, 4.69) is 31.2 Å². The first-order valence-electron chi connectivity index (χ1n) is 8.22. The Kier molecular flexibility index (Phi) is 5.19. The Bertz CT molecular complexity index is 729. The van der Waals surface area contributed by atoms with Crippen LogP contribution in [0.2, 0.25) is 0 Å². The predicted molar refractivity (Wildman–Crippen MR) is 95.3 cm³/mol. The lowest BCUT2D eigenvalue weighted by Gasteiger charge is -2.30. The van der Waals surface area contributed by atoms with E-state index in [1.165, 1.54) is 16.9 Å². The third-order valence-corrected chi connectivity index (χ3v) is 8.12. The molecule has 0 radical (unpaired) electrons. The molecule has 5 heteroatoms. The van der Waals surface area contributed by atoms with Crippen LogP contribution in [0.4, 0.5) is 0 Å². The third kappa shape index (κ3) is 3.84. The minimum atomic E-state index is -3.30. The summed E-state index contributed by atoms with van der Waals surface area (Å²) in [4.78, 5) is 1.13. The maximum absolute atomic E-state index is 12.7. The zero-order valence-electron chi connectivity index (χ0n) is 13.4. The Hall–Kier alpha value is -1.17. The fraction of sp³-hybridized carbons (Fsp3) is 0.444. The second kappa shape index (κ2) is 7.16. The van der Waals surface area contributed by atoms with E-state index >= 15 is 0 Å². The molecule has 0 amide bonds. The number of rotatable bonds is 5. The molecule has 1 saturated heterocycles. The summed E-state index contributed by atoms with van der Waals surface area (Å²) >= 11 is 1.41. The highest BCUT2D eigenvalue weighted by Crippen LogP contribution is 2.29. The molecule has 0 aliphatic carbocycles. The summed E-state index contributed by atoms with van der Waals surface area (Å²) < 4.78 is 27.6. The molecule has 0 N–H and O–H groups in total. The topological polar surface area (TPSA) is 37.4 Å². The van der Waals surface area contributed by atoms with Crippen LogP contribution in [0.5, 0.6) is 0 Å². The average Bonchev–Trinajstić information content (AvgIpc) is 3.06. The van der Waals surface area contributed by atoms with Gasteiger partial charge in [0, 0.05) is 18.0 Å². The van der Waals surface area contributed by atoms with E-state index in [0.717, 1.165) is 30.6 Å². The van der Waals surface area contributed by atoms with Crippen molar-refractivity contribution < 1.29 is 8.42 Å². The second-order valence-corrected chi connectivity index (χ2v) is 9.44. The van der Waals surface area contributed by atoms with E-state index in [1.54, 1.807) is 10.4 Å². The van der Waals surface area contributed by atoms with Gasteiger partial charge in [-0.2, -0.15) is 4.31 Å². The van der Waals surface area contributed by atoms with Crippen molar-refractivity contribution >= 4 is 21.4 Å². The Morgan fingerprint density at radius 3 is 2.39 bits per heavy atom. The Labute approximate surface area is 143 Å². The number of sulfonamides is 1. The first-order valence-corrected chi connectivity index (χ1v) is 10.5. The minimum Gasteiger partial charge on any atom is -0.206 e. The lowest BCUT2D eigenvalue weighted by Crippen LogP contribution is -2.38. The van der Waals surface area contributed by atoms with Gasteiger partial charge in [-0.25, -0.2) is 8.42 Å². The monoisotopic (exact) mass is 349 g/mol. The standard InChI is InChI=1S/C18H23NO2S2/c1-2-17-8-9-18(22-17)23(20,21)19-12-10-16(11-13-19)14-15-6-4-3-5-7-15/h3-9,16H,2,10-14H2,1H3. The molecule has 1 aliphatic heterocycles. The van der Waals surface area contributed by atoms with E-state index < -0.39 is 10.0 Å². The van der Waals surface area contributed by atoms with E-state index in [9.17, 15) is 8.42 Å². The van der Waals surface area contributed by atoms with Crippen LogP contribution >= 0.6 is 11.3 Å². The van der Waals surface area contributed by atoms with Gasteiger partial charge in [0.1, 0.15) is 4.21 Å². The Morgan fingerprint density at radius 2 is 1.78 bits per heavy atom. The summed E-state index contributed by atoms with van der Waals surface area (Å²) in [6.07, 6.45) is 3.83. The number of hydrogen-bond donors (Lipinski definition) is 0. The van der Waals surface area contributed by atoms with Crippen molar-refractivity contribution in [3.63, 3.8) is 0 Å². The molecule has 3 rings (SSSR count). The average molecular weight is 350 g/mol. The van der Waals surface area contributed by atoms with Crippen LogP contribution in [0.15, 0.2) is 46.7 Å². The normalized spacial score (nSPS) is 17.4. The molecule has 0 spiro atoms. The molecule has 3 nitrogen and oxygen atoms in total. The van der Waals surface area contributed by atoms with Crippen molar-refractivity contribution in [1.29, 1.82) is 0 Å². The van der Waals surface area contributed by atoms with Gasteiger partial charge in [-0.15, -0.1) is 11.3 Å². The van der Waals surface area contributed by atoms with Gasteiger partial charge in [-0.3, -0.25) is 0 Å². The molecular formula is C18H23NO2S2. The summed E-state index contributed by atoms with van der Waals surface area (Å²) in [5.74, 6) is 0.582. The van der Waals surface area contributed by atoms with Crippen LogP contribution < -0.4 is 0 Å². The van der Waals surface area contributed by atoms with E-state index in [1.807, 2.05) is 12.1 Å². The zero-order valence-corrected chi connectivity index (χ0v) is 15.1. The van der Waals surface area contributed by atoms with Crippen molar-refractivity contribution in [2.75, 3.05) is 13.1 Å². The van der Waals surface area contributed by atoms with E-state index in [-0.39, 0.29) is 0 Å². The SMILES string of the molecule is CCc1ccc(S(=O)(=O)N2CCC(Cc3ccccc3)CC2)s1. The second-order valence-electron chi connectivity index (χ2n) is 6.11. The molecule has 124 valence electrons. The zero-order chi connectivity index (χ0) is 16.3. The third-order valence-electron chi connectivity index (χ3n) is 4.52. The van der Waals surface area contributed by atoms with Crippen LogP contribution in [0, 0.1) is 5.92 Å². The summed E-state index contributed by atoms with van der Waals surface area (Å²) in [6, 6.07) is 14.2. The molecule has 1 aliphatic rings. The van der Waals surface area contributed by atoms with Crippen molar-refractivity contribution in [3.05, 3.63) is 52.9 Å². The van der Waals surface area contributed by atoms with Crippen molar-refractivity contribution in [1.82, 2.24) is 4.31 Å². The Morgan fingerprint density at radius 1 is 1.09 bits per heavy atom. The number of nitrogens with zero attached hydrogens (tertiary/aromatic N) is 1. The summed E-state index contributed by atoms with van der Waals surface area (Å²) in [6.45, 7) is 3.33. The van der Waals surface area contributed by atoms with Crippen molar-refractivity contribution in [2.24, 2.45) is 5.92 Å². The maximum atomic E-state index is 12.7. The van der Waals surface area contributed by atoms with E-state index in [0.29, 0.717) is 23.2 Å². The molecule has 0 bridgehead atoms. The van der Waals surface area contributed by atoms with E-state index in [4.69, 9.17) is 0 Å². The quantitative estimate of drug-likeness (QED) is 0.819. The van der Waals surface area contributed by atoms with Crippen LogP contribution in [0.3, 0.4) is 0 Å². The van der Waals surface area contributed by atoms with Gasteiger partial charge < -0.3 is 0 Å². The lowest BCUT2D eigenvalue weighted by atomic mass is 9.91. The molecule has 23 heavy (non-hydrogen) atoms. The van der Waals surface area contributed by atoms with Gasteiger partial charge in [0.2, 0.25) is 0 Å². The number of thiophene rings is 1. The highest BCUT2D eigenvalue weighted by atomic mass is 32.2. The number of piperidine rings is 1. The lowest BCUT2D eigenvalue weighted by molar-refractivity contribution is 0.273. The predicted octanol–water partition coefficient (Wildman–Crippen LogP) is 3.95. The fourth-order valence-corrected chi connectivity index (χ4v) is 6.03. The molecule has 0 saturated carbocycles. The van der Waals surface area contributed by atoms with Crippen LogP contribution in [0.1, 0.15) is 30.2 Å². The first-order chi connectivity index (χ1) is 11.1. The van der Waals surface area contributed by atoms with Gasteiger partial charge in [0.15, 0.2) is 0 Å². The highest BCUT2D eigenvalue weighted by Gasteiger charge is 2.30. The van der Waals surface area contributed by atoms with Crippen LogP contribution in [0.25, 0.3) is 0 Å². The number of benzene rings is 1.